The van der Waals surface area contributed by atoms with E-state index in [4.69, 9.17) is 5.26 Å². The molecule has 0 spiro atoms. The minimum absolute atomic E-state index is 0.681. The first kappa shape index (κ1) is 13.0. The second kappa shape index (κ2) is 5.92. The van der Waals surface area contributed by atoms with E-state index >= 15 is 0 Å². The number of rotatable bonds is 5. The summed E-state index contributed by atoms with van der Waals surface area (Å²) < 4.78 is 2.28. The Morgan fingerprint density at radius 2 is 2.28 bits per heavy atom. The van der Waals surface area contributed by atoms with Gasteiger partial charge < -0.3 is 4.57 Å². The molecule has 0 N–H and O–H groups in total. The van der Waals surface area contributed by atoms with Gasteiger partial charge in [-0.15, -0.1) is 0 Å². The molecule has 18 heavy (non-hydrogen) atoms. The van der Waals surface area contributed by atoms with E-state index in [1.165, 1.54) is 0 Å². The number of benzene rings is 1. The number of imidazole rings is 1. The highest BCUT2D eigenvalue weighted by molar-refractivity contribution is 7.98. The van der Waals surface area contributed by atoms with Gasteiger partial charge in [-0.05, 0) is 30.9 Å². The first-order valence-electron chi connectivity index (χ1n) is 6.18. The summed E-state index contributed by atoms with van der Waals surface area (Å²) in [5, 5.41) is 8.93. The second-order valence-electron chi connectivity index (χ2n) is 4.24. The summed E-state index contributed by atoms with van der Waals surface area (Å²) in [6, 6.07) is 7.93. The molecule has 3 nitrogen and oxygen atoms in total. The molecule has 0 bridgehead atoms. The van der Waals surface area contributed by atoms with Crippen LogP contribution in [0.15, 0.2) is 18.2 Å². The van der Waals surface area contributed by atoms with E-state index in [2.05, 4.69) is 28.8 Å². The Bertz CT molecular complexity index is 580. The molecule has 0 aliphatic rings. The van der Waals surface area contributed by atoms with Crippen molar-refractivity contribution in [3.63, 3.8) is 0 Å². The van der Waals surface area contributed by atoms with Crippen molar-refractivity contribution in [2.45, 2.75) is 26.3 Å². The highest BCUT2D eigenvalue weighted by Gasteiger charge is 2.10. The number of fused-ring (bicyclic) bond motifs is 1. The van der Waals surface area contributed by atoms with Crippen LogP contribution in [0.1, 0.15) is 24.7 Å². The first-order valence-corrected chi connectivity index (χ1v) is 7.57. The quantitative estimate of drug-likeness (QED) is 0.828. The van der Waals surface area contributed by atoms with E-state index in [1.807, 2.05) is 30.0 Å². The predicted octanol–water partition coefficient (Wildman–Crippen LogP) is 3.22. The minimum Gasteiger partial charge on any atom is -0.328 e. The lowest BCUT2D eigenvalue weighted by molar-refractivity contribution is 0.661. The van der Waals surface area contributed by atoms with Crippen molar-refractivity contribution >= 4 is 22.8 Å². The molecule has 0 aliphatic carbocycles. The summed E-state index contributed by atoms with van der Waals surface area (Å²) in [6.45, 7) is 3.17. The molecular formula is C14H17N3S. The number of nitrogens with zero attached hydrogens (tertiary/aromatic N) is 3. The third-order valence-electron chi connectivity index (χ3n) is 2.93. The van der Waals surface area contributed by atoms with Crippen LogP contribution in [-0.4, -0.2) is 21.6 Å². The summed E-state index contributed by atoms with van der Waals surface area (Å²) in [4.78, 5) is 4.68. The van der Waals surface area contributed by atoms with Gasteiger partial charge in [0.1, 0.15) is 5.82 Å². The Kier molecular flexibility index (Phi) is 4.27. The van der Waals surface area contributed by atoms with E-state index in [0.717, 1.165) is 42.0 Å². The van der Waals surface area contributed by atoms with Crippen molar-refractivity contribution in [3.8, 4) is 6.07 Å². The van der Waals surface area contributed by atoms with Crippen molar-refractivity contribution in [3.05, 3.63) is 29.6 Å². The molecule has 0 aliphatic heterocycles. The van der Waals surface area contributed by atoms with Crippen LogP contribution in [-0.2, 0) is 13.0 Å². The van der Waals surface area contributed by atoms with Gasteiger partial charge in [0.05, 0.1) is 22.7 Å². The Morgan fingerprint density at radius 3 is 2.94 bits per heavy atom. The van der Waals surface area contributed by atoms with E-state index in [9.17, 15) is 0 Å². The van der Waals surface area contributed by atoms with E-state index in [0.29, 0.717) is 5.56 Å². The predicted molar refractivity (Wildman–Crippen MR) is 76.8 cm³/mol. The SMILES string of the molecule is CCCn1c(CCSC)nc2cc(C#N)ccc21. The fourth-order valence-corrected chi connectivity index (χ4v) is 2.49. The number of nitriles is 1. The summed E-state index contributed by atoms with van der Waals surface area (Å²) >= 11 is 1.84. The molecule has 0 unspecified atom stereocenters. The van der Waals surface area contributed by atoms with E-state index in [1.54, 1.807) is 0 Å². The highest BCUT2D eigenvalue weighted by Crippen LogP contribution is 2.19. The number of aryl methyl sites for hydroxylation is 2. The summed E-state index contributed by atoms with van der Waals surface area (Å²) in [5.74, 6) is 2.22. The van der Waals surface area contributed by atoms with E-state index < -0.39 is 0 Å². The second-order valence-corrected chi connectivity index (χ2v) is 5.22. The summed E-state index contributed by atoms with van der Waals surface area (Å²) in [5.41, 5.74) is 2.77. The van der Waals surface area contributed by atoms with Gasteiger partial charge in [-0.2, -0.15) is 17.0 Å². The maximum atomic E-state index is 8.93. The molecule has 1 aromatic heterocycles. The van der Waals surface area contributed by atoms with Gasteiger partial charge in [-0.3, -0.25) is 0 Å². The lowest BCUT2D eigenvalue weighted by Gasteiger charge is -2.06. The molecule has 0 radical (unpaired) electrons. The molecular weight excluding hydrogens is 242 g/mol. The summed E-state index contributed by atoms with van der Waals surface area (Å²) in [6.07, 6.45) is 4.19. The molecule has 0 saturated carbocycles. The van der Waals surface area contributed by atoms with Crippen molar-refractivity contribution in [1.29, 1.82) is 5.26 Å². The van der Waals surface area contributed by atoms with Crippen LogP contribution in [0.5, 0.6) is 0 Å². The van der Waals surface area contributed by atoms with Crippen molar-refractivity contribution < 1.29 is 0 Å². The smallest absolute Gasteiger partial charge is 0.110 e. The maximum absolute atomic E-state index is 8.93. The van der Waals surface area contributed by atoms with Crippen LogP contribution >= 0.6 is 11.8 Å². The molecule has 4 heteroatoms. The number of hydrogen-bond acceptors (Lipinski definition) is 3. The number of thioether (sulfide) groups is 1. The van der Waals surface area contributed by atoms with Gasteiger partial charge in [-0.25, -0.2) is 4.98 Å². The van der Waals surface area contributed by atoms with Crippen LogP contribution in [0.3, 0.4) is 0 Å². The maximum Gasteiger partial charge on any atom is 0.110 e. The monoisotopic (exact) mass is 259 g/mol. The average molecular weight is 259 g/mol. The molecule has 1 heterocycles. The topological polar surface area (TPSA) is 41.6 Å². The zero-order chi connectivity index (χ0) is 13.0. The molecule has 2 aromatic rings. The third-order valence-corrected chi connectivity index (χ3v) is 3.55. The Hall–Kier alpha value is -1.47. The van der Waals surface area contributed by atoms with Gasteiger partial charge in [0.15, 0.2) is 0 Å². The molecule has 94 valence electrons. The average Bonchev–Trinajstić information content (AvgIpc) is 2.74. The Balaban J connectivity index is 2.48. The lowest BCUT2D eigenvalue weighted by Crippen LogP contribution is -2.04. The molecule has 0 amide bonds. The van der Waals surface area contributed by atoms with Gasteiger partial charge in [0.25, 0.3) is 0 Å². The van der Waals surface area contributed by atoms with Crippen molar-refractivity contribution in [2.24, 2.45) is 0 Å². The fourth-order valence-electron chi connectivity index (χ4n) is 2.11. The lowest BCUT2D eigenvalue weighted by atomic mass is 10.2. The minimum atomic E-state index is 0.681. The molecule has 1 aromatic carbocycles. The van der Waals surface area contributed by atoms with Crippen LogP contribution in [0.4, 0.5) is 0 Å². The van der Waals surface area contributed by atoms with Gasteiger partial charge in [0, 0.05) is 18.7 Å². The largest absolute Gasteiger partial charge is 0.328 e. The normalized spacial score (nSPS) is 10.7. The van der Waals surface area contributed by atoms with Crippen molar-refractivity contribution in [2.75, 3.05) is 12.0 Å². The van der Waals surface area contributed by atoms with Crippen molar-refractivity contribution in [1.82, 2.24) is 9.55 Å². The van der Waals surface area contributed by atoms with Crippen LogP contribution in [0, 0.1) is 11.3 Å². The Morgan fingerprint density at radius 1 is 1.44 bits per heavy atom. The fraction of sp³-hybridized carbons (Fsp3) is 0.429. The van der Waals surface area contributed by atoms with Crippen LogP contribution < -0.4 is 0 Å². The number of hydrogen-bond donors (Lipinski definition) is 0. The third kappa shape index (κ3) is 2.51. The number of aromatic nitrogens is 2. The zero-order valence-corrected chi connectivity index (χ0v) is 11.6. The molecule has 2 rings (SSSR count). The molecule has 0 atom stereocenters. The van der Waals surface area contributed by atoms with Gasteiger partial charge >= 0.3 is 0 Å². The Labute approximate surface area is 112 Å². The summed E-state index contributed by atoms with van der Waals surface area (Å²) in [7, 11) is 0. The molecule has 0 fully saturated rings. The van der Waals surface area contributed by atoms with Crippen LogP contribution in [0.25, 0.3) is 11.0 Å². The van der Waals surface area contributed by atoms with Crippen LogP contribution in [0.2, 0.25) is 0 Å². The van der Waals surface area contributed by atoms with E-state index in [-0.39, 0.29) is 0 Å². The van der Waals surface area contributed by atoms with Gasteiger partial charge in [0.2, 0.25) is 0 Å². The molecule has 0 saturated heterocycles. The standard InChI is InChI=1S/C14H17N3S/c1-3-7-17-13-5-4-11(10-15)9-12(13)16-14(17)6-8-18-2/h4-5,9H,3,6-8H2,1-2H3. The highest BCUT2D eigenvalue weighted by atomic mass is 32.2. The zero-order valence-electron chi connectivity index (χ0n) is 10.8. The first-order chi connectivity index (χ1) is 8.80. The van der Waals surface area contributed by atoms with Gasteiger partial charge in [-0.1, -0.05) is 6.92 Å².